The molecule has 0 bridgehead atoms. The molecule has 1 atom stereocenters. The molecule has 0 unspecified atom stereocenters. The fraction of sp³-hybridized carbons (Fsp3) is 0.632. The first-order valence-corrected chi connectivity index (χ1v) is 10.6. The smallest absolute Gasteiger partial charge is 0.241 e. The Balaban J connectivity index is 2.31. The van der Waals surface area contributed by atoms with Crippen LogP contribution in [0.25, 0.3) is 0 Å². The third-order valence-electron chi connectivity index (χ3n) is 4.70. The summed E-state index contributed by atoms with van der Waals surface area (Å²) in [5.41, 5.74) is 1.33. The number of nitrogens with zero attached hydrogens (tertiary/aromatic N) is 1. The van der Waals surface area contributed by atoms with Crippen LogP contribution >= 0.6 is 0 Å². The van der Waals surface area contributed by atoms with Gasteiger partial charge in [-0.1, -0.05) is 13.8 Å². The predicted octanol–water partition coefficient (Wildman–Crippen LogP) is 2.63. The van der Waals surface area contributed by atoms with Crippen molar-refractivity contribution in [3.63, 3.8) is 0 Å². The second-order valence-electron chi connectivity index (χ2n) is 7.42. The van der Waals surface area contributed by atoms with Crippen molar-refractivity contribution in [2.75, 3.05) is 20.2 Å². The Morgan fingerprint density at radius 3 is 2.35 bits per heavy atom. The lowest BCUT2D eigenvalue weighted by Crippen LogP contribution is -2.48. The summed E-state index contributed by atoms with van der Waals surface area (Å²) >= 11 is 0. The molecule has 0 radical (unpaired) electrons. The molecular formula is C19H30N2O4S. The van der Waals surface area contributed by atoms with Crippen molar-refractivity contribution >= 4 is 15.9 Å². The van der Waals surface area contributed by atoms with Crippen LogP contribution in [0.1, 0.15) is 44.2 Å². The summed E-state index contributed by atoms with van der Waals surface area (Å²) in [5, 5.41) is 0. The summed E-state index contributed by atoms with van der Waals surface area (Å²) in [6.07, 6.45) is 2.43. The van der Waals surface area contributed by atoms with Gasteiger partial charge in [0.25, 0.3) is 0 Å². The third-order valence-corrected chi connectivity index (χ3v) is 6.32. The van der Waals surface area contributed by atoms with Gasteiger partial charge >= 0.3 is 0 Å². The number of nitrogens with one attached hydrogen (secondary N) is 1. The molecule has 0 spiro atoms. The molecule has 0 saturated carbocycles. The first-order chi connectivity index (χ1) is 12.2. The Labute approximate surface area is 157 Å². The first kappa shape index (κ1) is 20.7. The molecule has 1 aromatic carbocycles. The minimum Gasteiger partial charge on any atom is -0.496 e. The van der Waals surface area contributed by atoms with Crippen LogP contribution in [0.4, 0.5) is 0 Å². The van der Waals surface area contributed by atoms with Crippen molar-refractivity contribution < 1.29 is 17.9 Å². The number of likely N-dealkylation sites (tertiary alicyclic amines) is 1. The van der Waals surface area contributed by atoms with Gasteiger partial charge < -0.3 is 9.64 Å². The fourth-order valence-electron chi connectivity index (χ4n) is 3.35. The van der Waals surface area contributed by atoms with Gasteiger partial charge in [0, 0.05) is 13.1 Å². The lowest BCUT2D eigenvalue weighted by Gasteiger charge is -2.25. The predicted molar refractivity (Wildman–Crippen MR) is 102 cm³/mol. The Morgan fingerprint density at radius 1 is 1.19 bits per heavy atom. The normalized spacial score (nSPS) is 16.2. The van der Waals surface area contributed by atoms with Gasteiger partial charge in [-0.25, -0.2) is 8.42 Å². The van der Waals surface area contributed by atoms with Gasteiger partial charge in [-0.3, -0.25) is 4.79 Å². The Hall–Kier alpha value is -1.60. The van der Waals surface area contributed by atoms with Crippen molar-refractivity contribution in [3.05, 3.63) is 23.3 Å². The average Bonchev–Trinajstić information content (AvgIpc) is 3.08. The minimum atomic E-state index is -3.81. The fourth-order valence-corrected chi connectivity index (χ4v) is 4.87. The van der Waals surface area contributed by atoms with Crippen LogP contribution < -0.4 is 9.46 Å². The zero-order valence-corrected chi connectivity index (χ0v) is 17.1. The van der Waals surface area contributed by atoms with Crippen LogP contribution in [0.5, 0.6) is 5.75 Å². The second kappa shape index (κ2) is 8.39. The maximum Gasteiger partial charge on any atom is 0.241 e. The maximum absolute atomic E-state index is 13.0. The van der Waals surface area contributed by atoms with Crippen molar-refractivity contribution in [2.45, 2.75) is 57.9 Å². The summed E-state index contributed by atoms with van der Waals surface area (Å²) in [4.78, 5) is 14.8. The molecule has 1 N–H and O–H groups in total. The molecule has 2 rings (SSSR count). The standard InChI is InChI=1S/C19H30N2O4S/c1-13(2)10-16(19(22)21-8-6-7-9-21)20-26(23,24)18-12-14(3)17(25-5)11-15(18)4/h11-13,16,20H,6-10H2,1-5H3/t16-/m0/s1. The highest BCUT2D eigenvalue weighted by molar-refractivity contribution is 7.89. The molecule has 1 saturated heterocycles. The Bertz CT molecular complexity index is 753. The first-order valence-electron chi connectivity index (χ1n) is 9.12. The Kier molecular flexibility index (Phi) is 6.69. The number of ether oxygens (including phenoxy) is 1. The molecule has 7 heteroatoms. The van der Waals surface area contributed by atoms with E-state index in [1.165, 1.54) is 0 Å². The third kappa shape index (κ3) is 4.76. The molecule has 26 heavy (non-hydrogen) atoms. The number of benzene rings is 1. The second-order valence-corrected chi connectivity index (χ2v) is 9.11. The summed E-state index contributed by atoms with van der Waals surface area (Å²) in [6, 6.07) is 2.58. The molecule has 1 aromatic rings. The summed E-state index contributed by atoms with van der Waals surface area (Å²) in [5.74, 6) is 0.726. The van der Waals surface area contributed by atoms with Gasteiger partial charge in [0.05, 0.1) is 12.0 Å². The maximum atomic E-state index is 13.0. The van der Waals surface area contributed by atoms with Crippen LogP contribution in [0.3, 0.4) is 0 Å². The van der Waals surface area contributed by atoms with Crippen molar-refractivity contribution in [1.29, 1.82) is 0 Å². The van der Waals surface area contributed by atoms with Crippen molar-refractivity contribution in [3.8, 4) is 5.75 Å². The quantitative estimate of drug-likeness (QED) is 0.787. The molecule has 146 valence electrons. The SMILES string of the molecule is COc1cc(C)c(S(=O)(=O)N[C@@H](CC(C)C)C(=O)N2CCCC2)cc1C. The summed E-state index contributed by atoms with van der Waals surface area (Å²) in [7, 11) is -2.25. The van der Waals surface area contributed by atoms with Crippen LogP contribution in [-0.4, -0.2) is 45.5 Å². The van der Waals surface area contributed by atoms with Crippen molar-refractivity contribution in [2.24, 2.45) is 5.92 Å². The van der Waals surface area contributed by atoms with E-state index in [2.05, 4.69) is 4.72 Å². The number of aryl methyl sites for hydroxylation is 2. The van der Waals surface area contributed by atoms with E-state index in [4.69, 9.17) is 4.74 Å². The van der Waals surface area contributed by atoms with E-state index in [9.17, 15) is 13.2 Å². The monoisotopic (exact) mass is 382 g/mol. The lowest BCUT2D eigenvalue weighted by molar-refractivity contribution is -0.132. The summed E-state index contributed by atoms with van der Waals surface area (Å²) < 4.78 is 33.9. The largest absolute Gasteiger partial charge is 0.496 e. The molecule has 1 aliphatic heterocycles. The molecular weight excluding hydrogens is 352 g/mol. The highest BCUT2D eigenvalue weighted by Gasteiger charge is 2.31. The van der Waals surface area contributed by atoms with E-state index in [0.717, 1.165) is 18.4 Å². The number of rotatable bonds is 7. The van der Waals surface area contributed by atoms with E-state index in [1.54, 1.807) is 38.0 Å². The van der Waals surface area contributed by atoms with Gasteiger partial charge in [0.15, 0.2) is 0 Å². The number of amides is 1. The zero-order valence-electron chi connectivity index (χ0n) is 16.3. The number of sulfonamides is 1. The topological polar surface area (TPSA) is 75.7 Å². The number of hydrogen-bond donors (Lipinski definition) is 1. The minimum absolute atomic E-state index is 0.123. The highest BCUT2D eigenvalue weighted by Crippen LogP contribution is 2.26. The number of carbonyl (C=O) groups excluding carboxylic acids is 1. The van der Waals surface area contributed by atoms with Gasteiger partial charge in [-0.2, -0.15) is 4.72 Å². The van der Waals surface area contributed by atoms with E-state index in [-0.39, 0.29) is 16.7 Å². The number of methoxy groups -OCH3 is 1. The Morgan fingerprint density at radius 2 is 1.81 bits per heavy atom. The molecule has 0 aliphatic carbocycles. The van der Waals surface area contributed by atoms with Gasteiger partial charge in [0.2, 0.25) is 15.9 Å². The zero-order chi connectivity index (χ0) is 19.5. The van der Waals surface area contributed by atoms with Gasteiger partial charge in [-0.15, -0.1) is 0 Å². The van der Waals surface area contributed by atoms with Crippen LogP contribution in [0.2, 0.25) is 0 Å². The van der Waals surface area contributed by atoms with E-state index in [0.29, 0.717) is 30.8 Å². The van der Waals surface area contributed by atoms with Crippen molar-refractivity contribution in [1.82, 2.24) is 9.62 Å². The molecule has 6 nitrogen and oxygen atoms in total. The van der Waals surface area contributed by atoms with Crippen LogP contribution in [0.15, 0.2) is 17.0 Å². The lowest BCUT2D eigenvalue weighted by atomic mass is 10.0. The molecule has 1 aliphatic rings. The van der Waals surface area contributed by atoms with E-state index >= 15 is 0 Å². The van der Waals surface area contributed by atoms with Gasteiger partial charge in [0.1, 0.15) is 11.8 Å². The molecule has 1 heterocycles. The highest BCUT2D eigenvalue weighted by atomic mass is 32.2. The summed E-state index contributed by atoms with van der Waals surface area (Å²) in [6.45, 7) is 8.92. The molecule has 0 aromatic heterocycles. The van der Waals surface area contributed by atoms with Crippen LogP contribution in [-0.2, 0) is 14.8 Å². The molecule has 1 fully saturated rings. The number of carbonyl (C=O) groups is 1. The average molecular weight is 383 g/mol. The van der Waals surface area contributed by atoms with Crippen LogP contribution in [0, 0.1) is 19.8 Å². The molecule has 1 amide bonds. The van der Waals surface area contributed by atoms with E-state index < -0.39 is 16.1 Å². The number of hydrogen-bond acceptors (Lipinski definition) is 4. The van der Waals surface area contributed by atoms with Gasteiger partial charge in [-0.05, 0) is 62.3 Å². The van der Waals surface area contributed by atoms with E-state index in [1.807, 2.05) is 13.8 Å².